The molecule has 0 radical (unpaired) electrons. The van der Waals surface area contributed by atoms with E-state index in [1.807, 2.05) is 12.1 Å². The maximum Gasteiger partial charge on any atom is 0.417 e. The van der Waals surface area contributed by atoms with E-state index in [1.54, 1.807) is 12.1 Å². The Morgan fingerprint density at radius 1 is 1.35 bits per heavy atom. The standard InChI is InChI=1S/C17H16ClF3N2O2S/c1-25-14-5-3-2-4-11(14)8-15(24)22-6-7-26-16-13(18)9-12(10-23-16)17(19,20)21/h2-5,9-10H,6-8H2,1H3,(H,22,24). The van der Waals surface area contributed by atoms with Crippen LogP contribution in [-0.2, 0) is 17.4 Å². The van der Waals surface area contributed by atoms with E-state index >= 15 is 0 Å². The highest BCUT2D eigenvalue weighted by Crippen LogP contribution is 2.33. The van der Waals surface area contributed by atoms with Gasteiger partial charge in [0.1, 0.15) is 10.8 Å². The Morgan fingerprint density at radius 2 is 2.08 bits per heavy atom. The minimum Gasteiger partial charge on any atom is -0.496 e. The van der Waals surface area contributed by atoms with Crippen LogP contribution in [0.1, 0.15) is 11.1 Å². The van der Waals surface area contributed by atoms with Crippen molar-refractivity contribution < 1.29 is 22.7 Å². The summed E-state index contributed by atoms with van der Waals surface area (Å²) in [6.45, 7) is 0.331. The Bertz CT molecular complexity index is 772. The number of ether oxygens (including phenoxy) is 1. The summed E-state index contributed by atoms with van der Waals surface area (Å²) < 4.78 is 42.9. The van der Waals surface area contributed by atoms with E-state index in [9.17, 15) is 18.0 Å². The molecule has 9 heteroatoms. The topological polar surface area (TPSA) is 51.2 Å². The number of methoxy groups -OCH3 is 1. The van der Waals surface area contributed by atoms with Crippen LogP contribution in [0.3, 0.4) is 0 Å². The number of rotatable bonds is 7. The largest absolute Gasteiger partial charge is 0.496 e. The van der Waals surface area contributed by atoms with Gasteiger partial charge in [0, 0.05) is 24.1 Å². The number of aromatic nitrogens is 1. The molecule has 0 bridgehead atoms. The molecule has 2 aromatic rings. The second-order valence-corrected chi connectivity index (χ2v) is 6.69. The number of halogens is 4. The van der Waals surface area contributed by atoms with Crippen LogP contribution in [0.2, 0.25) is 5.02 Å². The van der Waals surface area contributed by atoms with Gasteiger partial charge in [0.05, 0.1) is 24.1 Å². The van der Waals surface area contributed by atoms with Crippen molar-refractivity contribution in [1.29, 1.82) is 0 Å². The Hall–Kier alpha value is -1.93. The molecule has 0 saturated carbocycles. The number of para-hydroxylation sites is 1. The highest BCUT2D eigenvalue weighted by molar-refractivity contribution is 7.99. The average Bonchev–Trinajstić information content (AvgIpc) is 2.59. The molecule has 0 aliphatic rings. The van der Waals surface area contributed by atoms with Gasteiger partial charge >= 0.3 is 6.18 Å². The molecule has 140 valence electrons. The monoisotopic (exact) mass is 404 g/mol. The lowest BCUT2D eigenvalue weighted by Gasteiger charge is -2.10. The van der Waals surface area contributed by atoms with Gasteiger partial charge in [-0.1, -0.05) is 29.8 Å². The SMILES string of the molecule is COc1ccccc1CC(=O)NCCSc1ncc(C(F)(F)F)cc1Cl. The summed E-state index contributed by atoms with van der Waals surface area (Å²) in [5.74, 6) is 0.884. The van der Waals surface area contributed by atoms with Crippen molar-refractivity contribution in [2.75, 3.05) is 19.4 Å². The number of carbonyl (C=O) groups is 1. The molecular weight excluding hydrogens is 389 g/mol. The first-order valence-electron chi connectivity index (χ1n) is 7.55. The average molecular weight is 405 g/mol. The molecule has 1 N–H and O–H groups in total. The highest BCUT2D eigenvalue weighted by Gasteiger charge is 2.31. The molecule has 1 heterocycles. The molecule has 0 saturated heterocycles. The summed E-state index contributed by atoms with van der Waals surface area (Å²) in [6, 6.07) is 8.06. The van der Waals surface area contributed by atoms with Gasteiger partial charge in [0.2, 0.25) is 5.91 Å². The van der Waals surface area contributed by atoms with Gasteiger partial charge < -0.3 is 10.1 Å². The van der Waals surface area contributed by atoms with Crippen molar-refractivity contribution in [3.05, 3.63) is 52.7 Å². The first-order chi connectivity index (χ1) is 12.3. The number of hydrogen-bond donors (Lipinski definition) is 1. The summed E-state index contributed by atoms with van der Waals surface area (Å²) >= 11 is 7.01. The van der Waals surface area contributed by atoms with Crippen LogP contribution >= 0.6 is 23.4 Å². The van der Waals surface area contributed by atoms with Crippen molar-refractivity contribution >= 4 is 29.3 Å². The molecule has 26 heavy (non-hydrogen) atoms. The molecule has 0 unspecified atom stereocenters. The zero-order valence-electron chi connectivity index (χ0n) is 13.8. The van der Waals surface area contributed by atoms with Gasteiger partial charge in [0.15, 0.2) is 0 Å². The van der Waals surface area contributed by atoms with E-state index in [0.717, 1.165) is 17.8 Å². The lowest BCUT2D eigenvalue weighted by atomic mass is 10.1. The zero-order valence-corrected chi connectivity index (χ0v) is 15.3. The molecular formula is C17H16ClF3N2O2S. The first-order valence-corrected chi connectivity index (χ1v) is 8.91. The third-order valence-electron chi connectivity index (χ3n) is 3.34. The van der Waals surface area contributed by atoms with Crippen molar-refractivity contribution in [2.45, 2.75) is 17.6 Å². The van der Waals surface area contributed by atoms with Crippen molar-refractivity contribution in [3.63, 3.8) is 0 Å². The lowest BCUT2D eigenvalue weighted by Crippen LogP contribution is -2.27. The number of alkyl halides is 3. The Morgan fingerprint density at radius 3 is 2.73 bits per heavy atom. The molecule has 1 aromatic carbocycles. The normalized spacial score (nSPS) is 11.3. The molecule has 1 aromatic heterocycles. The maximum absolute atomic E-state index is 12.6. The van der Waals surface area contributed by atoms with Crippen LogP contribution < -0.4 is 10.1 Å². The van der Waals surface area contributed by atoms with Gasteiger partial charge in [0.25, 0.3) is 0 Å². The fourth-order valence-electron chi connectivity index (χ4n) is 2.11. The van der Waals surface area contributed by atoms with Crippen molar-refractivity contribution in [2.24, 2.45) is 0 Å². The first kappa shape index (κ1) is 20.4. The van der Waals surface area contributed by atoms with E-state index < -0.39 is 11.7 Å². The number of amides is 1. The summed E-state index contributed by atoms with van der Waals surface area (Å²) in [4.78, 5) is 15.7. The Labute approximate surface area is 158 Å². The number of hydrogen-bond acceptors (Lipinski definition) is 4. The van der Waals surface area contributed by atoms with Crippen LogP contribution in [0.15, 0.2) is 41.6 Å². The summed E-state index contributed by atoms with van der Waals surface area (Å²) in [6.07, 6.45) is -3.56. The fraction of sp³-hybridized carbons (Fsp3) is 0.294. The van der Waals surface area contributed by atoms with Crippen LogP contribution in [0.5, 0.6) is 5.75 Å². The van der Waals surface area contributed by atoms with E-state index in [4.69, 9.17) is 16.3 Å². The Kier molecular flexibility index (Phi) is 7.16. The van der Waals surface area contributed by atoms with Crippen LogP contribution in [0.25, 0.3) is 0 Å². The highest BCUT2D eigenvalue weighted by atomic mass is 35.5. The third kappa shape index (κ3) is 5.81. The molecule has 2 rings (SSSR count). The molecule has 0 fully saturated rings. The van der Waals surface area contributed by atoms with Gasteiger partial charge in [-0.3, -0.25) is 4.79 Å². The minimum atomic E-state index is -4.48. The third-order valence-corrected chi connectivity index (χ3v) is 4.75. The molecule has 1 amide bonds. The summed E-state index contributed by atoms with van der Waals surface area (Å²) in [7, 11) is 1.54. The predicted molar refractivity (Wildman–Crippen MR) is 94.7 cm³/mol. The zero-order chi connectivity index (χ0) is 19.2. The molecule has 0 aliphatic heterocycles. The maximum atomic E-state index is 12.6. The van der Waals surface area contributed by atoms with Crippen LogP contribution in [0.4, 0.5) is 13.2 Å². The quantitative estimate of drug-likeness (QED) is 0.554. The van der Waals surface area contributed by atoms with Crippen LogP contribution in [-0.4, -0.2) is 30.3 Å². The van der Waals surface area contributed by atoms with E-state index in [-0.39, 0.29) is 17.4 Å². The minimum absolute atomic E-state index is 0.0647. The lowest BCUT2D eigenvalue weighted by molar-refractivity contribution is -0.137. The van der Waals surface area contributed by atoms with Gasteiger partial charge in [-0.15, -0.1) is 11.8 Å². The number of nitrogens with one attached hydrogen (secondary N) is 1. The summed E-state index contributed by atoms with van der Waals surface area (Å²) in [5, 5.41) is 2.97. The van der Waals surface area contributed by atoms with Crippen molar-refractivity contribution in [3.8, 4) is 5.75 Å². The van der Waals surface area contributed by atoms with E-state index in [2.05, 4.69) is 10.3 Å². The number of carbonyl (C=O) groups excluding carboxylic acids is 1. The second kappa shape index (κ2) is 9.14. The van der Waals surface area contributed by atoms with Gasteiger partial charge in [-0.25, -0.2) is 4.98 Å². The van der Waals surface area contributed by atoms with E-state index in [0.29, 0.717) is 23.1 Å². The predicted octanol–water partition coefficient (Wildman–Crippen LogP) is 4.21. The summed E-state index contributed by atoms with van der Waals surface area (Å²) in [5.41, 5.74) is -0.121. The number of nitrogens with zero attached hydrogens (tertiary/aromatic N) is 1. The molecule has 0 atom stereocenters. The molecule has 4 nitrogen and oxygen atoms in total. The second-order valence-electron chi connectivity index (χ2n) is 5.20. The number of thioether (sulfide) groups is 1. The van der Waals surface area contributed by atoms with Gasteiger partial charge in [-0.05, 0) is 12.1 Å². The number of benzene rings is 1. The van der Waals surface area contributed by atoms with Crippen LogP contribution in [0, 0.1) is 0 Å². The van der Waals surface area contributed by atoms with Crippen molar-refractivity contribution in [1.82, 2.24) is 10.3 Å². The van der Waals surface area contributed by atoms with E-state index in [1.165, 1.54) is 18.9 Å². The molecule has 0 spiro atoms. The smallest absolute Gasteiger partial charge is 0.417 e. The fourth-order valence-corrected chi connectivity index (χ4v) is 3.16. The Balaban J connectivity index is 1.81. The molecule has 0 aliphatic carbocycles. The number of pyridine rings is 1. The van der Waals surface area contributed by atoms with Gasteiger partial charge in [-0.2, -0.15) is 13.2 Å².